The predicted octanol–water partition coefficient (Wildman–Crippen LogP) is 3.23. The minimum Gasteiger partial charge on any atom is -0.440 e. The minimum atomic E-state index is -0.700. The second-order valence-electron chi connectivity index (χ2n) is 4.67. The van der Waals surface area contributed by atoms with Crippen LogP contribution in [0.1, 0.15) is 42.7 Å². The SMILES string of the molecule is CN(C(=O)c1ccc(Cl)o1)C1(C#N)CCCCC1. The van der Waals surface area contributed by atoms with Crippen molar-refractivity contribution >= 4 is 17.5 Å². The third-order valence-electron chi connectivity index (χ3n) is 3.62. The van der Waals surface area contributed by atoms with Crippen molar-refractivity contribution in [1.82, 2.24) is 4.90 Å². The summed E-state index contributed by atoms with van der Waals surface area (Å²) in [6, 6.07) is 5.37. The van der Waals surface area contributed by atoms with E-state index in [4.69, 9.17) is 16.0 Å². The molecular formula is C13H15ClN2O2. The Labute approximate surface area is 111 Å². The number of halogens is 1. The summed E-state index contributed by atoms with van der Waals surface area (Å²) in [6.07, 6.45) is 4.52. The van der Waals surface area contributed by atoms with Crippen LogP contribution in [0.15, 0.2) is 16.5 Å². The molecule has 0 bridgehead atoms. The Hall–Kier alpha value is -1.47. The molecule has 5 heteroatoms. The van der Waals surface area contributed by atoms with E-state index in [9.17, 15) is 10.1 Å². The Bertz CT molecular complexity index is 483. The van der Waals surface area contributed by atoms with Gasteiger partial charge in [0.05, 0.1) is 6.07 Å². The molecule has 0 N–H and O–H groups in total. The van der Waals surface area contributed by atoms with Crippen molar-refractivity contribution in [3.63, 3.8) is 0 Å². The van der Waals surface area contributed by atoms with Gasteiger partial charge in [0.2, 0.25) is 0 Å². The summed E-state index contributed by atoms with van der Waals surface area (Å²) < 4.78 is 5.11. The van der Waals surface area contributed by atoms with Crippen LogP contribution in [0.4, 0.5) is 0 Å². The monoisotopic (exact) mass is 266 g/mol. The fraction of sp³-hybridized carbons (Fsp3) is 0.538. The molecule has 1 aliphatic carbocycles. The summed E-state index contributed by atoms with van der Waals surface area (Å²) in [5.74, 6) is -0.104. The van der Waals surface area contributed by atoms with Gasteiger partial charge in [-0.05, 0) is 36.6 Å². The molecule has 1 amide bonds. The van der Waals surface area contributed by atoms with Crippen LogP contribution in [0.5, 0.6) is 0 Å². The number of hydrogen-bond acceptors (Lipinski definition) is 3. The molecule has 2 rings (SSSR count). The maximum absolute atomic E-state index is 12.2. The molecule has 96 valence electrons. The molecular weight excluding hydrogens is 252 g/mol. The standard InChI is InChI=1S/C13H15ClN2O2/c1-16(12(17)10-5-6-11(14)18-10)13(9-15)7-3-2-4-8-13/h5-6H,2-4,7-8H2,1H3. The normalized spacial score (nSPS) is 18.1. The highest BCUT2D eigenvalue weighted by molar-refractivity contribution is 6.29. The molecule has 4 nitrogen and oxygen atoms in total. The Balaban J connectivity index is 2.21. The van der Waals surface area contributed by atoms with E-state index in [2.05, 4.69) is 6.07 Å². The molecule has 0 unspecified atom stereocenters. The predicted molar refractivity (Wildman–Crippen MR) is 67.2 cm³/mol. The van der Waals surface area contributed by atoms with E-state index in [0.717, 1.165) is 32.1 Å². The summed E-state index contributed by atoms with van der Waals surface area (Å²) in [7, 11) is 1.66. The van der Waals surface area contributed by atoms with Gasteiger partial charge in [0, 0.05) is 7.05 Å². The molecule has 1 fully saturated rings. The summed E-state index contributed by atoms with van der Waals surface area (Å²) in [5.41, 5.74) is -0.700. The van der Waals surface area contributed by atoms with Crippen LogP contribution >= 0.6 is 11.6 Å². The molecule has 0 radical (unpaired) electrons. The van der Waals surface area contributed by atoms with Gasteiger partial charge in [-0.15, -0.1) is 0 Å². The van der Waals surface area contributed by atoms with E-state index in [-0.39, 0.29) is 16.9 Å². The van der Waals surface area contributed by atoms with Crippen LogP contribution in [0.25, 0.3) is 0 Å². The fourth-order valence-corrected chi connectivity index (χ4v) is 2.59. The first kappa shape index (κ1) is 13.0. The number of nitriles is 1. The molecule has 0 saturated heterocycles. The highest BCUT2D eigenvalue weighted by Crippen LogP contribution is 2.33. The zero-order valence-corrected chi connectivity index (χ0v) is 11.0. The average Bonchev–Trinajstić information content (AvgIpc) is 2.84. The second-order valence-corrected chi connectivity index (χ2v) is 5.04. The highest BCUT2D eigenvalue weighted by atomic mass is 35.5. The fourth-order valence-electron chi connectivity index (χ4n) is 2.45. The van der Waals surface area contributed by atoms with Gasteiger partial charge in [-0.25, -0.2) is 0 Å². The first-order valence-corrected chi connectivity index (χ1v) is 6.42. The first-order chi connectivity index (χ1) is 8.59. The van der Waals surface area contributed by atoms with Gasteiger partial charge in [0.25, 0.3) is 5.91 Å². The Morgan fingerprint density at radius 1 is 1.44 bits per heavy atom. The van der Waals surface area contributed by atoms with Crippen LogP contribution in [-0.4, -0.2) is 23.4 Å². The quantitative estimate of drug-likeness (QED) is 0.826. The first-order valence-electron chi connectivity index (χ1n) is 6.04. The third-order valence-corrected chi connectivity index (χ3v) is 3.82. The maximum Gasteiger partial charge on any atom is 0.290 e. The number of amides is 1. The largest absolute Gasteiger partial charge is 0.440 e. The smallest absolute Gasteiger partial charge is 0.290 e. The van der Waals surface area contributed by atoms with Crippen molar-refractivity contribution in [2.45, 2.75) is 37.6 Å². The van der Waals surface area contributed by atoms with Crippen LogP contribution in [-0.2, 0) is 0 Å². The zero-order chi connectivity index (χ0) is 13.2. The Morgan fingerprint density at radius 3 is 2.61 bits per heavy atom. The summed E-state index contributed by atoms with van der Waals surface area (Å²) in [5, 5.41) is 9.59. The van der Waals surface area contributed by atoms with Gasteiger partial charge in [-0.2, -0.15) is 5.26 Å². The van der Waals surface area contributed by atoms with E-state index >= 15 is 0 Å². The number of furan rings is 1. The van der Waals surface area contributed by atoms with E-state index in [1.807, 2.05) is 0 Å². The van der Waals surface area contributed by atoms with Crippen LogP contribution in [0, 0.1) is 11.3 Å². The van der Waals surface area contributed by atoms with Crippen molar-refractivity contribution in [2.24, 2.45) is 0 Å². The number of carbonyl (C=O) groups is 1. The lowest BCUT2D eigenvalue weighted by atomic mass is 9.81. The van der Waals surface area contributed by atoms with E-state index in [0.29, 0.717) is 0 Å². The summed E-state index contributed by atoms with van der Waals surface area (Å²) >= 11 is 5.66. The minimum absolute atomic E-state index is 0.182. The van der Waals surface area contributed by atoms with Crippen LogP contribution < -0.4 is 0 Å². The third kappa shape index (κ3) is 2.23. The summed E-state index contributed by atoms with van der Waals surface area (Å²) in [6.45, 7) is 0. The summed E-state index contributed by atoms with van der Waals surface area (Å²) in [4.78, 5) is 13.7. The van der Waals surface area contributed by atoms with Crippen molar-refractivity contribution in [3.8, 4) is 6.07 Å². The Kier molecular flexibility index (Phi) is 3.63. The lowest BCUT2D eigenvalue weighted by Crippen LogP contribution is -2.49. The van der Waals surface area contributed by atoms with Gasteiger partial charge in [-0.1, -0.05) is 19.3 Å². The molecule has 0 spiro atoms. The van der Waals surface area contributed by atoms with Gasteiger partial charge < -0.3 is 9.32 Å². The molecule has 18 heavy (non-hydrogen) atoms. The van der Waals surface area contributed by atoms with Crippen molar-refractivity contribution in [1.29, 1.82) is 5.26 Å². The molecule has 0 aromatic carbocycles. The number of carbonyl (C=O) groups excluding carboxylic acids is 1. The van der Waals surface area contributed by atoms with E-state index in [1.165, 1.54) is 17.0 Å². The number of rotatable bonds is 2. The maximum atomic E-state index is 12.2. The Morgan fingerprint density at radius 2 is 2.11 bits per heavy atom. The molecule has 1 aromatic heterocycles. The van der Waals surface area contributed by atoms with Crippen molar-refractivity contribution in [2.75, 3.05) is 7.05 Å². The molecule has 0 atom stereocenters. The number of nitrogens with zero attached hydrogens (tertiary/aromatic N) is 2. The van der Waals surface area contributed by atoms with Crippen molar-refractivity contribution in [3.05, 3.63) is 23.1 Å². The molecule has 1 saturated carbocycles. The average molecular weight is 267 g/mol. The molecule has 1 heterocycles. The van der Waals surface area contributed by atoms with Crippen LogP contribution in [0.3, 0.4) is 0 Å². The highest BCUT2D eigenvalue weighted by Gasteiger charge is 2.39. The zero-order valence-electron chi connectivity index (χ0n) is 10.3. The van der Waals surface area contributed by atoms with Gasteiger partial charge >= 0.3 is 0 Å². The molecule has 1 aliphatic rings. The van der Waals surface area contributed by atoms with Crippen LogP contribution in [0.2, 0.25) is 5.22 Å². The van der Waals surface area contributed by atoms with E-state index in [1.54, 1.807) is 7.05 Å². The number of hydrogen-bond donors (Lipinski definition) is 0. The van der Waals surface area contributed by atoms with Gasteiger partial charge in [0.15, 0.2) is 11.0 Å². The molecule has 0 aliphatic heterocycles. The lowest BCUT2D eigenvalue weighted by Gasteiger charge is -2.38. The topological polar surface area (TPSA) is 57.2 Å². The van der Waals surface area contributed by atoms with Gasteiger partial charge in [-0.3, -0.25) is 4.79 Å². The molecule has 1 aromatic rings. The van der Waals surface area contributed by atoms with E-state index < -0.39 is 5.54 Å². The van der Waals surface area contributed by atoms with Gasteiger partial charge in [0.1, 0.15) is 5.54 Å². The second kappa shape index (κ2) is 5.03. The van der Waals surface area contributed by atoms with Crippen molar-refractivity contribution < 1.29 is 9.21 Å². The lowest BCUT2D eigenvalue weighted by molar-refractivity contribution is 0.0557.